The maximum atomic E-state index is 13.4. The van der Waals surface area contributed by atoms with Gasteiger partial charge in [-0.15, -0.1) is 0 Å². The molecule has 4 nitrogen and oxygen atoms in total. The summed E-state index contributed by atoms with van der Waals surface area (Å²) in [7, 11) is -3.29. The molecule has 0 N–H and O–H groups in total. The van der Waals surface area contributed by atoms with Crippen LogP contribution in [0.2, 0.25) is 0 Å². The third-order valence-corrected chi connectivity index (χ3v) is 8.23. The summed E-state index contributed by atoms with van der Waals surface area (Å²) >= 11 is 0. The Morgan fingerprint density at radius 3 is 1.89 bits per heavy atom. The monoisotopic (exact) mass is 385 g/mol. The van der Waals surface area contributed by atoms with Crippen molar-refractivity contribution < 1.29 is 13.2 Å². The summed E-state index contributed by atoms with van der Waals surface area (Å²) in [6, 6.07) is 19.4. The molecule has 0 aromatic heterocycles. The summed E-state index contributed by atoms with van der Waals surface area (Å²) < 4.78 is 24.8. The van der Waals surface area contributed by atoms with Crippen molar-refractivity contribution in [1.82, 2.24) is 4.90 Å². The molecule has 5 heteroatoms. The van der Waals surface area contributed by atoms with Gasteiger partial charge in [0.15, 0.2) is 9.84 Å². The third-order valence-electron chi connectivity index (χ3n) is 5.26. The molecule has 27 heavy (non-hydrogen) atoms. The van der Waals surface area contributed by atoms with E-state index in [2.05, 4.69) is 0 Å². The van der Waals surface area contributed by atoms with E-state index < -0.39 is 25.8 Å². The van der Waals surface area contributed by atoms with Crippen LogP contribution in [0.3, 0.4) is 0 Å². The second-order valence-corrected chi connectivity index (χ2v) is 11.1. The van der Waals surface area contributed by atoms with E-state index in [4.69, 9.17) is 0 Å². The van der Waals surface area contributed by atoms with Gasteiger partial charge in [0, 0.05) is 13.1 Å². The average molecular weight is 386 g/mol. The van der Waals surface area contributed by atoms with E-state index in [0.717, 1.165) is 11.1 Å². The zero-order chi connectivity index (χ0) is 19.7. The average Bonchev–Trinajstić information content (AvgIpc) is 3.14. The minimum atomic E-state index is -3.29. The van der Waals surface area contributed by atoms with Gasteiger partial charge >= 0.3 is 0 Å². The number of nitrogens with zero attached hydrogens (tertiary/aromatic N) is 1. The highest BCUT2D eigenvalue weighted by Crippen LogP contribution is 2.31. The maximum absolute atomic E-state index is 13.4. The van der Waals surface area contributed by atoms with Crippen molar-refractivity contribution in [2.75, 3.05) is 13.1 Å². The molecule has 0 radical (unpaired) electrons. The lowest BCUT2D eigenvalue weighted by molar-refractivity contribution is -0.130. The quantitative estimate of drug-likeness (QED) is 0.807. The van der Waals surface area contributed by atoms with Crippen LogP contribution in [0.15, 0.2) is 60.7 Å². The molecule has 0 aliphatic carbocycles. The van der Waals surface area contributed by atoms with Crippen molar-refractivity contribution in [2.24, 2.45) is 0 Å². The Balaban J connectivity index is 1.88. The topological polar surface area (TPSA) is 54.5 Å². The van der Waals surface area contributed by atoms with Crippen molar-refractivity contribution in [3.8, 4) is 0 Å². The van der Waals surface area contributed by atoms with Crippen molar-refractivity contribution >= 4 is 15.7 Å². The Kier molecular flexibility index (Phi) is 5.43. The lowest BCUT2D eigenvalue weighted by Gasteiger charge is -2.26. The largest absolute Gasteiger partial charge is 0.341 e. The molecular weight excluding hydrogens is 358 g/mol. The summed E-state index contributed by atoms with van der Waals surface area (Å²) in [6.45, 7) is 5.93. The highest BCUT2D eigenvalue weighted by atomic mass is 32.2. The van der Waals surface area contributed by atoms with Crippen molar-refractivity contribution in [3.63, 3.8) is 0 Å². The second kappa shape index (κ2) is 7.47. The molecule has 1 aliphatic rings. The van der Waals surface area contributed by atoms with Crippen LogP contribution in [0.4, 0.5) is 0 Å². The fourth-order valence-electron chi connectivity index (χ4n) is 3.63. The van der Waals surface area contributed by atoms with E-state index >= 15 is 0 Å². The number of carbonyl (C=O) groups excluding carboxylic acids is 1. The molecule has 144 valence electrons. The highest BCUT2D eigenvalue weighted by molar-refractivity contribution is 7.93. The number of rotatable bonds is 4. The molecule has 1 fully saturated rings. The van der Waals surface area contributed by atoms with Gasteiger partial charge in [0.05, 0.1) is 15.9 Å². The summed E-state index contributed by atoms with van der Waals surface area (Å²) in [4.78, 5) is 15.1. The van der Waals surface area contributed by atoms with E-state index in [1.165, 1.54) is 0 Å². The van der Waals surface area contributed by atoms with Gasteiger partial charge in [-0.3, -0.25) is 4.79 Å². The molecule has 1 amide bonds. The van der Waals surface area contributed by atoms with Gasteiger partial charge < -0.3 is 4.90 Å². The van der Waals surface area contributed by atoms with E-state index in [9.17, 15) is 13.2 Å². The molecule has 1 aliphatic heterocycles. The van der Waals surface area contributed by atoms with Crippen LogP contribution >= 0.6 is 0 Å². The van der Waals surface area contributed by atoms with Crippen LogP contribution in [0.1, 0.15) is 44.2 Å². The first-order chi connectivity index (χ1) is 12.7. The third kappa shape index (κ3) is 3.93. The van der Waals surface area contributed by atoms with Gasteiger partial charge in [-0.25, -0.2) is 8.42 Å². The van der Waals surface area contributed by atoms with Crippen LogP contribution in [0.5, 0.6) is 0 Å². The zero-order valence-electron chi connectivity index (χ0n) is 16.1. The summed E-state index contributed by atoms with van der Waals surface area (Å²) in [5, 5.41) is -0.492. The van der Waals surface area contributed by atoms with E-state index in [1.807, 2.05) is 60.7 Å². The molecule has 2 aromatic rings. The number of amides is 1. The standard InChI is InChI=1S/C22H27NO3S/c1-22(2,3)27(25,26)19-14-15-23(16-19)21(24)20(17-10-6-4-7-11-17)18-12-8-5-9-13-18/h4-13,19-20H,14-16H2,1-3H3/t19-/m0/s1. The Morgan fingerprint density at radius 1 is 0.963 bits per heavy atom. The van der Waals surface area contributed by atoms with Crippen LogP contribution in [0, 0.1) is 0 Å². The van der Waals surface area contributed by atoms with E-state index in [1.54, 1.807) is 25.7 Å². The molecule has 2 aromatic carbocycles. The second-order valence-electron chi connectivity index (χ2n) is 8.11. The van der Waals surface area contributed by atoms with Gasteiger partial charge in [-0.1, -0.05) is 60.7 Å². The van der Waals surface area contributed by atoms with Gasteiger partial charge in [0.25, 0.3) is 0 Å². The maximum Gasteiger partial charge on any atom is 0.234 e. The zero-order valence-corrected chi connectivity index (χ0v) is 16.9. The van der Waals surface area contributed by atoms with Gasteiger partial charge in [-0.05, 0) is 38.3 Å². The SMILES string of the molecule is CC(C)(C)S(=O)(=O)[C@H]1CCN(C(=O)C(c2ccccc2)c2ccccc2)C1. The van der Waals surface area contributed by atoms with Crippen molar-refractivity contribution in [1.29, 1.82) is 0 Å². The summed E-state index contributed by atoms with van der Waals surface area (Å²) in [6.07, 6.45) is 0.502. The Morgan fingerprint density at radius 2 is 1.44 bits per heavy atom. The Hall–Kier alpha value is -2.14. The normalized spacial score (nSPS) is 18.1. The summed E-state index contributed by atoms with van der Waals surface area (Å²) in [5.74, 6) is -0.442. The number of likely N-dealkylation sites (tertiary alicyclic amines) is 1. The lowest BCUT2D eigenvalue weighted by Crippen LogP contribution is -2.40. The summed E-state index contributed by atoms with van der Waals surface area (Å²) in [5.41, 5.74) is 1.85. The fraction of sp³-hybridized carbons (Fsp3) is 0.409. The van der Waals surface area contributed by atoms with Gasteiger partial charge in [-0.2, -0.15) is 0 Å². The Labute approximate surface area is 162 Å². The smallest absolute Gasteiger partial charge is 0.234 e. The molecule has 1 heterocycles. The number of sulfone groups is 1. The lowest BCUT2D eigenvalue weighted by atomic mass is 9.90. The minimum absolute atomic E-state index is 0.0287. The molecule has 0 unspecified atom stereocenters. The van der Waals surface area contributed by atoms with Gasteiger partial charge in [0.1, 0.15) is 0 Å². The molecule has 0 saturated carbocycles. The van der Waals surface area contributed by atoms with E-state index in [0.29, 0.717) is 13.0 Å². The van der Waals surface area contributed by atoms with Gasteiger partial charge in [0.2, 0.25) is 5.91 Å². The number of carbonyl (C=O) groups is 1. The molecule has 1 saturated heterocycles. The van der Waals surface area contributed by atoms with E-state index in [-0.39, 0.29) is 12.5 Å². The van der Waals surface area contributed by atoms with Crippen LogP contribution in [-0.4, -0.2) is 42.3 Å². The first-order valence-electron chi connectivity index (χ1n) is 9.34. The Bertz CT molecular complexity index is 847. The molecule has 1 atom stereocenters. The fourth-order valence-corrected chi connectivity index (χ4v) is 5.42. The predicted molar refractivity (Wildman–Crippen MR) is 108 cm³/mol. The molecule has 0 bridgehead atoms. The number of hydrogen-bond acceptors (Lipinski definition) is 3. The first kappa shape index (κ1) is 19.6. The van der Waals surface area contributed by atoms with Crippen molar-refractivity contribution in [3.05, 3.63) is 71.8 Å². The number of benzene rings is 2. The first-order valence-corrected chi connectivity index (χ1v) is 10.9. The predicted octanol–water partition coefficient (Wildman–Crippen LogP) is 3.63. The highest BCUT2D eigenvalue weighted by Gasteiger charge is 2.43. The molecule has 0 spiro atoms. The molecule has 3 rings (SSSR count). The van der Waals surface area contributed by atoms with Crippen molar-refractivity contribution in [2.45, 2.75) is 43.1 Å². The minimum Gasteiger partial charge on any atom is -0.341 e. The van der Waals surface area contributed by atoms with Crippen LogP contribution in [0.25, 0.3) is 0 Å². The number of hydrogen-bond donors (Lipinski definition) is 0. The van der Waals surface area contributed by atoms with Crippen LogP contribution in [-0.2, 0) is 14.6 Å². The van der Waals surface area contributed by atoms with Crippen LogP contribution < -0.4 is 0 Å². The molecular formula is C22H27NO3S.